The third-order valence-electron chi connectivity index (χ3n) is 3.86. The number of nitrogens with zero attached hydrogens (tertiary/aromatic N) is 1. The summed E-state index contributed by atoms with van der Waals surface area (Å²) in [5, 5.41) is 10.0. The highest BCUT2D eigenvalue weighted by Crippen LogP contribution is 2.30. The van der Waals surface area contributed by atoms with Crippen molar-refractivity contribution in [2.45, 2.75) is 6.54 Å². The molecule has 3 rings (SSSR count). The first-order valence-electron chi connectivity index (χ1n) is 7.55. The summed E-state index contributed by atoms with van der Waals surface area (Å²) >= 11 is 0. The zero-order valence-electron chi connectivity index (χ0n) is 13.2. The van der Waals surface area contributed by atoms with Gasteiger partial charge in [0.25, 0.3) is 0 Å². The molecule has 0 spiro atoms. The van der Waals surface area contributed by atoms with Crippen molar-refractivity contribution < 1.29 is 23.4 Å². The van der Waals surface area contributed by atoms with Gasteiger partial charge in [-0.1, -0.05) is 24.8 Å². The van der Waals surface area contributed by atoms with Gasteiger partial charge in [-0.3, -0.25) is 0 Å². The number of aromatic nitrogens is 1. The van der Waals surface area contributed by atoms with E-state index in [2.05, 4.69) is 6.58 Å². The molecule has 0 radical (unpaired) electrons. The van der Waals surface area contributed by atoms with Crippen LogP contribution in [-0.2, 0) is 6.54 Å². The second kappa shape index (κ2) is 6.76. The number of hydrogen-bond donors (Lipinski definition) is 1. The van der Waals surface area contributed by atoms with E-state index >= 15 is 0 Å². The van der Waals surface area contributed by atoms with E-state index in [-0.39, 0.29) is 24.4 Å². The number of ether oxygens (including phenoxy) is 1. The molecule has 0 bridgehead atoms. The van der Waals surface area contributed by atoms with Crippen LogP contribution in [0.25, 0.3) is 10.9 Å². The maximum atomic E-state index is 14.0. The normalized spacial score (nSPS) is 10.8. The van der Waals surface area contributed by atoms with Crippen molar-refractivity contribution in [1.29, 1.82) is 0 Å². The lowest BCUT2D eigenvalue weighted by Gasteiger charge is -2.11. The van der Waals surface area contributed by atoms with Crippen LogP contribution in [0.2, 0.25) is 0 Å². The van der Waals surface area contributed by atoms with E-state index in [4.69, 9.17) is 4.74 Å². The Hall–Kier alpha value is -3.15. The number of carbonyl (C=O) groups is 1. The summed E-state index contributed by atoms with van der Waals surface area (Å²) in [7, 11) is 0. The summed E-state index contributed by atoms with van der Waals surface area (Å²) in [6, 6.07) is 10.1. The molecule has 1 N–H and O–H groups in total. The van der Waals surface area contributed by atoms with Gasteiger partial charge in [0, 0.05) is 10.9 Å². The Morgan fingerprint density at radius 1 is 1.20 bits per heavy atom. The first kappa shape index (κ1) is 16.7. The molecule has 2 aromatic carbocycles. The van der Waals surface area contributed by atoms with Crippen molar-refractivity contribution in [2.24, 2.45) is 0 Å². The third kappa shape index (κ3) is 3.10. The first-order valence-corrected chi connectivity index (χ1v) is 7.55. The molecule has 0 fully saturated rings. The first-order chi connectivity index (χ1) is 12.0. The molecular formula is C19H15F2NO3. The third-order valence-corrected chi connectivity index (χ3v) is 3.86. The molecular weight excluding hydrogens is 328 g/mol. The molecule has 6 heteroatoms. The Balaban J connectivity index is 2.17. The van der Waals surface area contributed by atoms with E-state index in [1.54, 1.807) is 24.3 Å². The Bertz CT molecular complexity index is 942. The Morgan fingerprint density at radius 3 is 2.52 bits per heavy atom. The van der Waals surface area contributed by atoms with Gasteiger partial charge in [-0.2, -0.15) is 0 Å². The summed E-state index contributed by atoms with van der Waals surface area (Å²) in [6.45, 7) is 3.59. The fourth-order valence-electron chi connectivity index (χ4n) is 2.72. The van der Waals surface area contributed by atoms with E-state index < -0.39 is 17.6 Å². The maximum Gasteiger partial charge on any atom is 0.352 e. The van der Waals surface area contributed by atoms with Crippen LogP contribution in [0.4, 0.5) is 8.78 Å². The topological polar surface area (TPSA) is 51.5 Å². The van der Waals surface area contributed by atoms with Crippen LogP contribution < -0.4 is 4.74 Å². The molecule has 1 aromatic heterocycles. The summed E-state index contributed by atoms with van der Waals surface area (Å²) in [5.74, 6) is -2.16. The number of carboxylic acids is 1. The second-order valence-corrected chi connectivity index (χ2v) is 5.41. The highest BCUT2D eigenvalue weighted by molar-refractivity contribution is 5.97. The molecule has 3 aromatic rings. The van der Waals surface area contributed by atoms with Crippen molar-refractivity contribution >= 4 is 16.9 Å². The van der Waals surface area contributed by atoms with Crippen LogP contribution in [-0.4, -0.2) is 22.2 Å². The molecule has 0 saturated heterocycles. The van der Waals surface area contributed by atoms with Crippen LogP contribution in [0.5, 0.6) is 5.75 Å². The number of carboxylic acid groups (broad SMARTS) is 1. The summed E-state index contributed by atoms with van der Waals surface area (Å²) in [4.78, 5) is 11.6. The molecule has 0 aliphatic carbocycles. The molecule has 0 atom stereocenters. The van der Waals surface area contributed by atoms with Gasteiger partial charge in [-0.25, -0.2) is 13.6 Å². The number of benzene rings is 2. The van der Waals surface area contributed by atoms with E-state index in [1.807, 2.05) is 0 Å². The standard InChI is InChI=1S/C19H15F2NO3/c1-2-9-25-18-8-4-7-16-12(18)10-17(19(23)24)22(16)11-13-14(20)5-3-6-15(13)21/h2-8,10H,1,9,11H2,(H,23,24). The van der Waals surface area contributed by atoms with Crippen molar-refractivity contribution in [1.82, 2.24) is 4.57 Å². The molecule has 0 saturated carbocycles. The molecule has 1 heterocycles. The van der Waals surface area contributed by atoms with Gasteiger partial charge in [0.2, 0.25) is 0 Å². The van der Waals surface area contributed by atoms with Crippen LogP contribution in [0.1, 0.15) is 16.1 Å². The van der Waals surface area contributed by atoms with E-state index in [9.17, 15) is 18.7 Å². The van der Waals surface area contributed by atoms with Crippen molar-refractivity contribution in [3.05, 3.63) is 78.0 Å². The largest absolute Gasteiger partial charge is 0.489 e. The van der Waals surface area contributed by atoms with Gasteiger partial charge >= 0.3 is 5.97 Å². The lowest BCUT2D eigenvalue weighted by molar-refractivity contribution is 0.0686. The van der Waals surface area contributed by atoms with Crippen molar-refractivity contribution in [3.8, 4) is 5.75 Å². The Morgan fingerprint density at radius 2 is 1.88 bits per heavy atom. The monoisotopic (exact) mass is 343 g/mol. The fourth-order valence-corrected chi connectivity index (χ4v) is 2.72. The van der Waals surface area contributed by atoms with E-state index in [1.165, 1.54) is 16.7 Å². The van der Waals surface area contributed by atoms with Crippen LogP contribution in [0.3, 0.4) is 0 Å². The Labute approximate surface area is 142 Å². The predicted octanol–water partition coefficient (Wildman–Crippen LogP) is 4.23. The SMILES string of the molecule is C=CCOc1cccc2c1cc(C(=O)O)n2Cc1c(F)cccc1F. The lowest BCUT2D eigenvalue weighted by atomic mass is 10.2. The summed E-state index contributed by atoms with van der Waals surface area (Å²) in [5.41, 5.74) is 0.244. The number of hydrogen-bond acceptors (Lipinski definition) is 2. The van der Waals surface area contributed by atoms with Crippen LogP contribution in [0.15, 0.2) is 55.1 Å². The molecule has 0 unspecified atom stereocenters. The number of aromatic carboxylic acids is 1. The minimum Gasteiger partial charge on any atom is -0.489 e. The highest BCUT2D eigenvalue weighted by atomic mass is 19.1. The minimum atomic E-state index is -1.19. The molecule has 25 heavy (non-hydrogen) atoms. The van der Waals surface area contributed by atoms with Gasteiger partial charge in [0.15, 0.2) is 0 Å². The highest BCUT2D eigenvalue weighted by Gasteiger charge is 2.19. The number of halogens is 2. The molecule has 128 valence electrons. The zero-order valence-corrected chi connectivity index (χ0v) is 13.2. The minimum absolute atomic E-state index is 0.0766. The lowest BCUT2D eigenvalue weighted by Crippen LogP contribution is -2.11. The van der Waals surface area contributed by atoms with E-state index in [0.29, 0.717) is 16.7 Å². The number of fused-ring (bicyclic) bond motifs is 1. The van der Waals surface area contributed by atoms with Gasteiger partial charge in [-0.15, -0.1) is 0 Å². The Kier molecular flexibility index (Phi) is 4.52. The summed E-state index contributed by atoms with van der Waals surface area (Å²) < 4.78 is 34.9. The molecule has 0 aliphatic heterocycles. The van der Waals surface area contributed by atoms with Crippen LogP contribution >= 0.6 is 0 Å². The second-order valence-electron chi connectivity index (χ2n) is 5.41. The van der Waals surface area contributed by atoms with Crippen molar-refractivity contribution in [2.75, 3.05) is 6.61 Å². The van der Waals surface area contributed by atoms with E-state index in [0.717, 1.165) is 12.1 Å². The fraction of sp³-hybridized carbons (Fsp3) is 0.105. The smallest absolute Gasteiger partial charge is 0.352 e. The molecule has 0 aliphatic rings. The van der Waals surface area contributed by atoms with Gasteiger partial charge in [0.1, 0.15) is 29.7 Å². The maximum absolute atomic E-state index is 14.0. The number of rotatable bonds is 6. The predicted molar refractivity (Wildman–Crippen MR) is 90.0 cm³/mol. The van der Waals surface area contributed by atoms with Gasteiger partial charge < -0.3 is 14.4 Å². The molecule has 0 amide bonds. The van der Waals surface area contributed by atoms with Crippen LogP contribution in [0, 0.1) is 11.6 Å². The zero-order chi connectivity index (χ0) is 18.0. The molecule has 4 nitrogen and oxygen atoms in total. The van der Waals surface area contributed by atoms with Gasteiger partial charge in [-0.05, 0) is 30.3 Å². The van der Waals surface area contributed by atoms with Gasteiger partial charge in [0.05, 0.1) is 12.1 Å². The average molecular weight is 343 g/mol. The van der Waals surface area contributed by atoms with Crippen molar-refractivity contribution in [3.63, 3.8) is 0 Å². The summed E-state index contributed by atoms with van der Waals surface area (Å²) in [6.07, 6.45) is 1.57. The average Bonchev–Trinajstić information content (AvgIpc) is 2.96. The quantitative estimate of drug-likeness (QED) is 0.682.